The van der Waals surface area contributed by atoms with Gasteiger partial charge >= 0.3 is 5.63 Å². The van der Waals surface area contributed by atoms with Gasteiger partial charge in [0, 0.05) is 16.8 Å². The minimum absolute atomic E-state index is 0.0565. The van der Waals surface area contributed by atoms with Crippen LogP contribution in [0.25, 0.3) is 21.9 Å². The average Bonchev–Trinajstić information content (AvgIpc) is 3.09. The zero-order valence-corrected chi connectivity index (χ0v) is 16.7. The minimum atomic E-state index is -3.14. The highest BCUT2D eigenvalue weighted by Crippen LogP contribution is 2.29. The van der Waals surface area contributed by atoms with Crippen LogP contribution in [0.15, 0.2) is 32.0 Å². The monoisotopic (exact) mass is 403 g/mol. The Hall–Kier alpha value is -2.61. The summed E-state index contributed by atoms with van der Waals surface area (Å²) in [4.78, 5) is 25.0. The van der Waals surface area contributed by atoms with Crippen molar-refractivity contribution in [1.29, 1.82) is 0 Å². The highest BCUT2D eigenvalue weighted by atomic mass is 32.2. The second-order valence-corrected chi connectivity index (χ2v) is 10.1. The van der Waals surface area contributed by atoms with E-state index in [1.54, 1.807) is 26.2 Å². The van der Waals surface area contributed by atoms with E-state index in [1.165, 1.54) is 0 Å². The van der Waals surface area contributed by atoms with Crippen LogP contribution in [0.3, 0.4) is 0 Å². The quantitative estimate of drug-likeness (QED) is 0.673. The van der Waals surface area contributed by atoms with Gasteiger partial charge in [-0.05, 0) is 44.4 Å². The summed E-state index contributed by atoms with van der Waals surface area (Å²) in [7, 11) is -3.14. The van der Waals surface area contributed by atoms with Gasteiger partial charge in [-0.1, -0.05) is 0 Å². The van der Waals surface area contributed by atoms with Crippen molar-refractivity contribution in [3.63, 3.8) is 0 Å². The molecule has 0 radical (unpaired) electrons. The van der Waals surface area contributed by atoms with Crippen molar-refractivity contribution in [1.82, 2.24) is 5.32 Å². The van der Waals surface area contributed by atoms with Gasteiger partial charge in [0.15, 0.2) is 9.84 Å². The second-order valence-electron chi connectivity index (χ2n) is 7.88. The molecule has 148 valence electrons. The lowest BCUT2D eigenvalue weighted by Gasteiger charge is -2.24. The number of hydrogen-bond acceptors (Lipinski definition) is 6. The first-order valence-corrected chi connectivity index (χ1v) is 10.8. The lowest BCUT2D eigenvalue weighted by atomic mass is 9.99. The van der Waals surface area contributed by atoms with Crippen LogP contribution in [0.4, 0.5) is 0 Å². The van der Waals surface area contributed by atoms with E-state index in [2.05, 4.69) is 5.32 Å². The predicted molar refractivity (Wildman–Crippen MR) is 105 cm³/mol. The molecule has 1 aliphatic rings. The van der Waals surface area contributed by atoms with E-state index in [4.69, 9.17) is 8.83 Å². The van der Waals surface area contributed by atoms with Crippen LogP contribution in [-0.4, -0.2) is 31.4 Å². The minimum Gasteiger partial charge on any atom is -0.464 e. The van der Waals surface area contributed by atoms with Crippen LogP contribution < -0.4 is 10.9 Å². The topological polar surface area (TPSA) is 107 Å². The van der Waals surface area contributed by atoms with Gasteiger partial charge in [-0.25, -0.2) is 13.2 Å². The van der Waals surface area contributed by atoms with Crippen LogP contribution >= 0.6 is 0 Å². The normalized spacial score (nSPS) is 21.4. The van der Waals surface area contributed by atoms with Crippen LogP contribution in [0, 0.1) is 13.8 Å². The molecule has 3 heterocycles. The molecule has 28 heavy (non-hydrogen) atoms. The first-order valence-electron chi connectivity index (χ1n) is 9.02. The lowest BCUT2D eigenvalue weighted by molar-refractivity contribution is -0.122. The maximum Gasteiger partial charge on any atom is 0.340 e. The molecule has 1 amide bonds. The molecule has 4 rings (SSSR count). The van der Waals surface area contributed by atoms with E-state index in [9.17, 15) is 18.0 Å². The zero-order chi connectivity index (χ0) is 20.3. The van der Waals surface area contributed by atoms with Crippen molar-refractivity contribution in [2.45, 2.75) is 39.2 Å². The van der Waals surface area contributed by atoms with Crippen LogP contribution in [-0.2, 0) is 21.1 Å². The van der Waals surface area contributed by atoms with E-state index >= 15 is 0 Å². The van der Waals surface area contributed by atoms with Crippen molar-refractivity contribution in [2.24, 2.45) is 0 Å². The number of sulfone groups is 1. The van der Waals surface area contributed by atoms with Gasteiger partial charge in [0.25, 0.3) is 0 Å². The fraction of sp³-hybridized carbons (Fsp3) is 0.400. The number of rotatable bonds is 3. The molecule has 0 saturated carbocycles. The van der Waals surface area contributed by atoms with Crippen molar-refractivity contribution < 1.29 is 22.0 Å². The van der Waals surface area contributed by atoms with Gasteiger partial charge in [-0.3, -0.25) is 4.79 Å². The van der Waals surface area contributed by atoms with Crippen LogP contribution in [0.1, 0.15) is 30.0 Å². The number of furan rings is 1. The number of carbonyl (C=O) groups excluding carboxylic acids is 1. The Morgan fingerprint density at radius 2 is 1.96 bits per heavy atom. The maximum absolute atomic E-state index is 12.5. The zero-order valence-electron chi connectivity index (χ0n) is 15.9. The van der Waals surface area contributed by atoms with E-state index in [0.29, 0.717) is 23.2 Å². The Balaban J connectivity index is 1.68. The third-order valence-electron chi connectivity index (χ3n) is 5.46. The first kappa shape index (κ1) is 18.7. The van der Waals surface area contributed by atoms with Gasteiger partial charge in [-0.15, -0.1) is 0 Å². The number of benzene rings is 1. The van der Waals surface area contributed by atoms with Crippen molar-refractivity contribution in [3.8, 4) is 0 Å². The predicted octanol–water partition coefficient (Wildman–Crippen LogP) is 2.39. The number of fused-ring (bicyclic) bond motifs is 2. The molecule has 2 aromatic heterocycles. The number of carbonyl (C=O) groups is 1. The highest BCUT2D eigenvalue weighted by molar-refractivity contribution is 7.91. The Labute approximate surface area is 161 Å². The summed E-state index contributed by atoms with van der Waals surface area (Å²) in [6, 6.07) is 3.58. The molecular formula is C20H21NO6S. The number of amides is 1. The number of hydrogen-bond donors (Lipinski definition) is 1. The average molecular weight is 403 g/mol. The van der Waals surface area contributed by atoms with Crippen molar-refractivity contribution in [2.75, 3.05) is 11.5 Å². The summed E-state index contributed by atoms with van der Waals surface area (Å²) in [5, 5.41) is 4.45. The van der Waals surface area contributed by atoms with Gasteiger partial charge in [0.05, 0.1) is 35.3 Å². The van der Waals surface area contributed by atoms with E-state index in [-0.39, 0.29) is 23.5 Å². The molecule has 0 unspecified atom stereocenters. The standard InChI is InChI=1S/C20H21NO6S/c1-11-9-26-16-8-17-14(6-13(11)16)12(2)15(19(23)27-17)7-18(22)21-20(3)4-5-28(24,25)10-20/h6,8-9H,4-5,7,10H2,1-3H3,(H,21,22)/t20-/m0/s1. The van der Waals surface area contributed by atoms with Gasteiger partial charge < -0.3 is 14.2 Å². The SMILES string of the molecule is Cc1coc2cc3oc(=O)c(CC(=O)N[C@@]4(C)CCS(=O)(=O)C4)c(C)c3cc12. The fourth-order valence-corrected chi connectivity index (χ4v) is 5.99. The molecule has 1 atom stereocenters. The Morgan fingerprint density at radius 3 is 2.64 bits per heavy atom. The Bertz CT molecular complexity index is 1280. The van der Waals surface area contributed by atoms with E-state index in [0.717, 1.165) is 16.3 Å². The molecule has 1 saturated heterocycles. The molecule has 1 N–H and O–H groups in total. The van der Waals surface area contributed by atoms with Gasteiger partial charge in [0.2, 0.25) is 5.91 Å². The molecular weight excluding hydrogens is 382 g/mol. The van der Waals surface area contributed by atoms with Gasteiger partial charge in [-0.2, -0.15) is 0 Å². The second kappa shape index (κ2) is 6.20. The summed E-state index contributed by atoms with van der Waals surface area (Å²) in [6.07, 6.45) is 1.84. The summed E-state index contributed by atoms with van der Waals surface area (Å²) < 4.78 is 34.3. The number of aryl methyl sites for hydroxylation is 2. The summed E-state index contributed by atoms with van der Waals surface area (Å²) in [5.74, 6) is -0.426. The molecule has 0 spiro atoms. The number of nitrogens with one attached hydrogen (secondary N) is 1. The molecule has 7 nitrogen and oxygen atoms in total. The molecule has 8 heteroatoms. The first-order chi connectivity index (χ1) is 13.1. The fourth-order valence-electron chi connectivity index (χ4n) is 3.89. The molecule has 3 aromatic rings. The van der Waals surface area contributed by atoms with Crippen LogP contribution in [0.5, 0.6) is 0 Å². The lowest BCUT2D eigenvalue weighted by Crippen LogP contribution is -2.47. The molecule has 1 aromatic carbocycles. The summed E-state index contributed by atoms with van der Waals surface area (Å²) in [5.41, 5.74) is 1.57. The maximum atomic E-state index is 12.5. The van der Waals surface area contributed by atoms with Crippen LogP contribution in [0.2, 0.25) is 0 Å². The third-order valence-corrected chi connectivity index (χ3v) is 7.36. The molecule has 1 aliphatic heterocycles. The van der Waals surface area contributed by atoms with E-state index in [1.807, 2.05) is 13.0 Å². The Morgan fingerprint density at radius 1 is 1.21 bits per heavy atom. The van der Waals surface area contributed by atoms with Crippen molar-refractivity contribution in [3.05, 3.63) is 45.5 Å². The van der Waals surface area contributed by atoms with Gasteiger partial charge in [0.1, 0.15) is 11.2 Å². The Kier molecular flexibility index (Phi) is 4.15. The van der Waals surface area contributed by atoms with E-state index < -0.39 is 26.9 Å². The van der Waals surface area contributed by atoms with Crippen molar-refractivity contribution >= 4 is 37.7 Å². The highest BCUT2D eigenvalue weighted by Gasteiger charge is 2.39. The summed E-state index contributed by atoms with van der Waals surface area (Å²) in [6.45, 7) is 5.42. The molecule has 0 bridgehead atoms. The molecule has 0 aliphatic carbocycles. The molecule has 1 fully saturated rings. The summed E-state index contributed by atoms with van der Waals surface area (Å²) >= 11 is 0. The third kappa shape index (κ3) is 3.22. The largest absolute Gasteiger partial charge is 0.464 e. The smallest absolute Gasteiger partial charge is 0.340 e.